The quantitative estimate of drug-likeness (QED) is 0.307. The molecular weight excluding hydrogens is 479 g/mol. The van der Waals surface area contributed by atoms with Gasteiger partial charge in [-0.25, -0.2) is 4.39 Å². The fourth-order valence-electron chi connectivity index (χ4n) is 5.24. The third-order valence-corrected chi connectivity index (χ3v) is 8.89. The third kappa shape index (κ3) is 5.01. The van der Waals surface area contributed by atoms with E-state index in [0.29, 0.717) is 24.3 Å². The van der Waals surface area contributed by atoms with Crippen LogP contribution in [0.5, 0.6) is 11.5 Å². The van der Waals surface area contributed by atoms with Crippen molar-refractivity contribution >= 4 is 22.6 Å². The van der Waals surface area contributed by atoms with E-state index in [0.717, 1.165) is 47.5 Å². The Labute approximate surface area is 213 Å². The molecule has 2 atom stereocenters. The van der Waals surface area contributed by atoms with E-state index in [2.05, 4.69) is 36.4 Å². The molecule has 2 unspecified atom stereocenters. The molecular formula is C29H31FO3S2. The van der Waals surface area contributed by atoms with Gasteiger partial charge >= 0.3 is 0 Å². The van der Waals surface area contributed by atoms with Gasteiger partial charge in [-0.3, -0.25) is 4.21 Å². The van der Waals surface area contributed by atoms with E-state index in [1.165, 1.54) is 21.6 Å². The van der Waals surface area contributed by atoms with Crippen LogP contribution >= 0.6 is 11.8 Å². The number of hydrogen-bond donors (Lipinski definition) is 0. The lowest BCUT2D eigenvalue weighted by Crippen LogP contribution is -2.06. The lowest BCUT2D eigenvalue weighted by molar-refractivity contribution is 0.207. The summed E-state index contributed by atoms with van der Waals surface area (Å²) in [6.45, 7) is 4.20. The Kier molecular flexibility index (Phi) is 7.21. The van der Waals surface area contributed by atoms with E-state index in [1.807, 2.05) is 25.6 Å². The minimum Gasteiger partial charge on any atom is -0.490 e. The molecule has 35 heavy (non-hydrogen) atoms. The van der Waals surface area contributed by atoms with Crippen molar-refractivity contribution in [1.82, 2.24) is 0 Å². The van der Waals surface area contributed by atoms with Crippen LogP contribution < -0.4 is 9.47 Å². The average Bonchev–Trinajstić information content (AvgIpc) is 3.47. The van der Waals surface area contributed by atoms with Crippen LogP contribution in [0.2, 0.25) is 0 Å². The van der Waals surface area contributed by atoms with E-state index >= 15 is 4.39 Å². The summed E-state index contributed by atoms with van der Waals surface area (Å²) in [6.07, 6.45) is 5.27. The normalized spacial score (nSPS) is 17.2. The largest absolute Gasteiger partial charge is 0.490 e. The van der Waals surface area contributed by atoms with Gasteiger partial charge < -0.3 is 9.47 Å². The molecule has 3 aromatic carbocycles. The van der Waals surface area contributed by atoms with Gasteiger partial charge in [0.25, 0.3) is 0 Å². The van der Waals surface area contributed by atoms with Crippen LogP contribution in [0.4, 0.5) is 4.39 Å². The Morgan fingerprint density at radius 3 is 2.83 bits per heavy atom. The van der Waals surface area contributed by atoms with Gasteiger partial charge in [-0.05, 0) is 96.7 Å². The Bertz CT molecular complexity index is 1290. The maximum absolute atomic E-state index is 15.3. The minimum absolute atomic E-state index is 0.00610. The maximum Gasteiger partial charge on any atom is 0.168 e. The van der Waals surface area contributed by atoms with Crippen LogP contribution in [0.1, 0.15) is 46.8 Å². The van der Waals surface area contributed by atoms with Crippen molar-refractivity contribution in [2.24, 2.45) is 0 Å². The molecule has 3 aromatic rings. The molecule has 0 spiro atoms. The molecule has 0 radical (unpaired) electrons. The summed E-state index contributed by atoms with van der Waals surface area (Å²) in [7, 11) is -0.868. The van der Waals surface area contributed by atoms with Gasteiger partial charge in [0.15, 0.2) is 11.6 Å². The van der Waals surface area contributed by atoms with Crippen LogP contribution in [0, 0.1) is 19.7 Å². The predicted octanol–water partition coefficient (Wildman–Crippen LogP) is 6.97. The zero-order valence-corrected chi connectivity index (χ0v) is 22.1. The van der Waals surface area contributed by atoms with Crippen LogP contribution in [-0.4, -0.2) is 28.6 Å². The Morgan fingerprint density at radius 2 is 2.00 bits per heavy atom. The first-order valence-corrected chi connectivity index (χ1v) is 14.9. The molecule has 0 saturated heterocycles. The Hall–Kier alpha value is -2.31. The number of halogens is 1. The van der Waals surface area contributed by atoms with Crippen molar-refractivity contribution in [3.63, 3.8) is 0 Å². The monoisotopic (exact) mass is 510 g/mol. The van der Waals surface area contributed by atoms with Crippen molar-refractivity contribution in [3.8, 4) is 22.6 Å². The highest BCUT2D eigenvalue weighted by molar-refractivity contribution is 7.99. The molecule has 6 heteroatoms. The fraction of sp³-hybridized carbons (Fsp3) is 0.379. The van der Waals surface area contributed by atoms with Gasteiger partial charge in [-0.15, -0.1) is 11.8 Å². The van der Waals surface area contributed by atoms with Gasteiger partial charge in [0.2, 0.25) is 0 Å². The van der Waals surface area contributed by atoms with Crippen molar-refractivity contribution in [2.75, 3.05) is 24.4 Å². The smallest absolute Gasteiger partial charge is 0.168 e. The van der Waals surface area contributed by atoms with Gasteiger partial charge in [-0.2, -0.15) is 0 Å². The molecule has 0 bridgehead atoms. The standard InChI is InChI=1S/C29H31FO3S2/c1-18-16-26(32-13-5-15-35(3)31)29(30)19(2)28(18)24-7-4-6-23-22(24)10-11-25(23)33-21-9-8-20-12-14-34-27(20)17-21/h4,6-9,16-17,25H,5,10-15H2,1-3H3. The van der Waals surface area contributed by atoms with E-state index in [1.54, 1.807) is 12.3 Å². The van der Waals surface area contributed by atoms with Crippen molar-refractivity contribution < 1.29 is 18.1 Å². The molecule has 3 nitrogen and oxygen atoms in total. The first kappa shape index (κ1) is 24.4. The second-order valence-electron chi connectivity index (χ2n) is 9.37. The SMILES string of the molecule is Cc1cc(OCCCS(C)=O)c(F)c(C)c1-c1cccc2c1CCC2Oc1ccc2c(c1)SCC2. The summed E-state index contributed by atoms with van der Waals surface area (Å²) in [4.78, 5) is 1.33. The second-order valence-corrected chi connectivity index (χ2v) is 12.1. The molecule has 1 heterocycles. The first-order chi connectivity index (χ1) is 16.9. The first-order valence-electron chi connectivity index (χ1n) is 12.2. The summed E-state index contributed by atoms with van der Waals surface area (Å²) in [5.41, 5.74) is 7.48. The number of ether oxygens (including phenoxy) is 2. The number of hydrogen-bond acceptors (Lipinski definition) is 4. The van der Waals surface area contributed by atoms with Crippen LogP contribution in [-0.2, 0) is 23.6 Å². The number of thioether (sulfide) groups is 1. The maximum atomic E-state index is 15.3. The molecule has 0 amide bonds. The second kappa shape index (κ2) is 10.4. The Morgan fingerprint density at radius 1 is 1.14 bits per heavy atom. The minimum atomic E-state index is -0.868. The number of rotatable bonds is 8. The summed E-state index contributed by atoms with van der Waals surface area (Å²) in [5, 5.41) is 0. The van der Waals surface area contributed by atoms with E-state index in [9.17, 15) is 4.21 Å². The molecule has 0 saturated carbocycles. The highest BCUT2D eigenvalue weighted by Crippen LogP contribution is 2.44. The molecule has 184 valence electrons. The molecule has 0 fully saturated rings. The van der Waals surface area contributed by atoms with Gasteiger partial charge in [0.1, 0.15) is 11.9 Å². The molecule has 1 aliphatic heterocycles. The van der Waals surface area contributed by atoms with Crippen LogP contribution in [0.25, 0.3) is 11.1 Å². The van der Waals surface area contributed by atoms with Gasteiger partial charge in [0.05, 0.1) is 6.61 Å². The average molecular weight is 511 g/mol. The van der Waals surface area contributed by atoms with Crippen LogP contribution in [0.3, 0.4) is 0 Å². The summed E-state index contributed by atoms with van der Waals surface area (Å²) >= 11 is 1.90. The Balaban J connectivity index is 1.40. The number of aryl methyl sites for hydroxylation is 2. The summed E-state index contributed by atoms with van der Waals surface area (Å²) < 4.78 is 38.8. The highest BCUT2D eigenvalue weighted by atomic mass is 32.2. The lowest BCUT2D eigenvalue weighted by atomic mass is 9.90. The zero-order valence-electron chi connectivity index (χ0n) is 20.5. The zero-order chi connectivity index (χ0) is 24.5. The highest BCUT2D eigenvalue weighted by Gasteiger charge is 2.28. The third-order valence-electron chi connectivity index (χ3n) is 6.93. The van der Waals surface area contributed by atoms with E-state index in [-0.39, 0.29) is 17.7 Å². The number of fused-ring (bicyclic) bond motifs is 2. The van der Waals surface area contributed by atoms with Gasteiger partial charge in [-0.1, -0.05) is 24.3 Å². The molecule has 0 N–H and O–H groups in total. The fourth-order valence-corrected chi connectivity index (χ4v) is 6.86. The van der Waals surface area contributed by atoms with Crippen molar-refractivity contribution in [3.05, 3.63) is 76.1 Å². The van der Waals surface area contributed by atoms with E-state index in [4.69, 9.17) is 9.47 Å². The molecule has 5 rings (SSSR count). The van der Waals surface area contributed by atoms with Crippen LogP contribution in [0.15, 0.2) is 47.4 Å². The summed E-state index contributed by atoms with van der Waals surface area (Å²) in [6, 6.07) is 14.6. The van der Waals surface area contributed by atoms with Crippen molar-refractivity contribution in [1.29, 1.82) is 0 Å². The lowest BCUT2D eigenvalue weighted by Gasteiger charge is -2.19. The van der Waals surface area contributed by atoms with Gasteiger partial charge in [0, 0.05) is 33.5 Å². The van der Waals surface area contributed by atoms with Crippen molar-refractivity contribution in [2.45, 2.75) is 50.5 Å². The molecule has 2 aliphatic rings. The molecule has 0 aromatic heterocycles. The number of benzene rings is 3. The topological polar surface area (TPSA) is 35.5 Å². The predicted molar refractivity (Wildman–Crippen MR) is 143 cm³/mol. The summed E-state index contributed by atoms with van der Waals surface area (Å²) in [5.74, 6) is 2.58. The molecule has 1 aliphatic carbocycles. The van der Waals surface area contributed by atoms with E-state index < -0.39 is 10.8 Å².